The van der Waals surface area contributed by atoms with Crippen LogP contribution < -0.4 is 16.0 Å². The van der Waals surface area contributed by atoms with Gasteiger partial charge < -0.3 is 20.9 Å². The number of hydrogen-bond acceptors (Lipinski definition) is 3. The molecule has 1 aromatic carbocycles. The number of aryl methyl sites for hydroxylation is 1. The third-order valence-electron chi connectivity index (χ3n) is 5.38. The Morgan fingerprint density at radius 2 is 2.00 bits per heavy atom. The van der Waals surface area contributed by atoms with Gasteiger partial charge in [-0.15, -0.1) is 0 Å². The average molecular weight is 407 g/mol. The normalized spacial score (nSPS) is 20.4. The van der Waals surface area contributed by atoms with Crippen LogP contribution in [-0.2, 0) is 9.59 Å². The molecule has 4 amide bonds. The van der Waals surface area contributed by atoms with Crippen molar-refractivity contribution in [1.29, 1.82) is 0 Å². The summed E-state index contributed by atoms with van der Waals surface area (Å²) in [5, 5.41) is 9.10. The number of benzene rings is 1. The molecule has 3 rings (SSSR count). The molecule has 1 atom stereocenters. The van der Waals surface area contributed by atoms with E-state index in [4.69, 9.17) is 11.6 Å². The second kappa shape index (κ2) is 9.28. The monoisotopic (exact) mass is 406 g/mol. The Balaban J connectivity index is 1.64. The molecule has 1 aliphatic heterocycles. The number of rotatable bonds is 4. The lowest BCUT2D eigenvalue weighted by molar-refractivity contribution is -0.131. The van der Waals surface area contributed by atoms with E-state index in [1.54, 1.807) is 12.1 Å². The van der Waals surface area contributed by atoms with E-state index in [1.165, 1.54) is 11.3 Å². The van der Waals surface area contributed by atoms with Crippen LogP contribution in [0.5, 0.6) is 0 Å². The maximum atomic E-state index is 12.7. The summed E-state index contributed by atoms with van der Waals surface area (Å²) < 4.78 is 0. The van der Waals surface area contributed by atoms with Gasteiger partial charge in [0.25, 0.3) is 0 Å². The maximum Gasteiger partial charge on any atom is 0.318 e. The summed E-state index contributed by atoms with van der Waals surface area (Å²) in [6.07, 6.45) is 5.24. The fraction of sp³-hybridized carbons (Fsp3) is 0.550. The minimum atomic E-state index is -0.822. The van der Waals surface area contributed by atoms with Gasteiger partial charge in [0.15, 0.2) is 0 Å². The minimum Gasteiger partial charge on any atom is -0.353 e. The molecule has 7 nitrogen and oxygen atoms in total. The third kappa shape index (κ3) is 5.16. The summed E-state index contributed by atoms with van der Waals surface area (Å²) in [4.78, 5) is 39.2. The Morgan fingerprint density at radius 3 is 2.75 bits per heavy atom. The van der Waals surface area contributed by atoms with Gasteiger partial charge in [-0.1, -0.05) is 36.9 Å². The lowest BCUT2D eigenvalue weighted by atomic mass is 9.95. The largest absolute Gasteiger partial charge is 0.353 e. The molecule has 0 bridgehead atoms. The zero-order valence-electron chi connectivity index (χ0n) is 16.1. The van der Waals surface area contributed by atoms with Gasteiger partial charge in [-0.2, -0.15) is 0 Å². The van der Waals surface area contributed by atoms with Crippen LogP contribution in [0.25, 0.3) is 0 Å². The fourth-order valence-electron chi connectivity index (χ4n) is 3.77. The predicted octanol–water partition coefficient (Wildman–Crippen LogP) is 2.82. The van der Waals surface area contributed by atoms with E-state index in [0.29, 0.717) is 23.8 Å². The van der Waals surface area contributed by atoms with E-state index in [0.717, 1.165) is 31.2 Å². The van der Waals surface area contributed by atoms with Crippen molar-refractivity contribution in [3.8, 4) is 0 Å². The summed E-state index contributed by atoms with van der Waals surface area (Å²) in [5.74, 6) is -0.633. The molecule has 1 aromatic rings. The van der Waals surface area contributed by atoms with Crippen LogP contribution in [0.2, 0.25) is 5.02 Å². The van der Waals surface area contributed by atoms with Gasteiger partial charge in [0.2, 0.25) is 11.8 Å². The van der Waals surface area contributed by atoms with Crippen LogP contribution in [0.4, 0.5) is 10.5 Å². The number of carbonyl (C=O) groups excluding carboxylic acids is 3. The van der Waals surface area contributed by atoms with Crippen molar-refractivity contribution < 1.29 is 14.4 Å². The number of hydrogen-bond donors (Lipinski definition) is 3. The Hall–Kier alpha value is -2.28. The summed E-state index contributed by atoms with van der Waals surface area (Å²) in [6.45, 7) is 2.64. The van der Waals surface area contributed by atoms with Crippen molar-refractivity contribution in [2.24, 2.45) is 0 Å². The number of piperazine rings is 1. The zero-order valence-corrected chi connectivity index (χ0v) is 16.8. The highest BCUT2D eigenvalue weighted by Crippen LogP contribution is 2.21. The molecule has 1 saturated carbocycles. The highest BCUT2D eigenvalue weighted by Gasteiger charge is 2.35. The number of halogens is 1. The topological polar surface area (TPSA) is 90.5 Å². The van der Waals surface area contributed by atoms with Crippen LogP contribution in [0, 0.1) is 6.92 Å². The smallest absolute Gasteiger partial charge is 0.318 e. The van der Waals surface area contributed by atoms with Crippen LogP contribution in [0.15, 0.2) is 18.2 Å². The second-order valence-corrected chi connectivity index (χ2v) is 7.93. The summed E-state index contributed by atoms with van der Waals surface area (Å²) in [5.41, 5.74) is 1.48. The molecule has 1 heterocycles. The zero-order chi connectivity index (χ0) is 20.1. The van der Waals surface area contributed by atoms with Gasteiger partial charge in [-0.25, -0.2) is 4.79 Å². The Morgan fingerprint density at radius 1 is 1.25 bits per heavy atom. The van der Waals surface area contributed by atoms with Crippen LogP contribution >= 0.6 is 11.6 Å². The third-order valence-corrected chi connectivity index (χ3v) is 5.61. The highest BCUT2D eigenvalue weighted by molar-refractivity contribution is 6.31. The van der Waals surface area contributed by atoms with Crippen molar-refractivity contribution in [3.05, 3.63) is 28.8 Å². The molecular formula is C20H27ClN4O3. The molecule has 0 spiro atoms. The van der Waals surface area contributed by atoms with Crippen molar-refractivity contribution in [2.45, 2.75) is 57.5 Å². The van der Waals surface area contributed by atoms with E-state index in [-0.39, 0.29) is 30.3 Å². The van der Waals surface area contributed by atoms with E-state index >= 15 is 0 Å². The van der Waals surface area contributed by atoms with Gasteiger partial charge in [0, 0.05) is 29.8 Å². The molecule has 2 aliphatic rings. The van der Waals surface area contributed by atoms with Crippen LogP contribution in [-0.4, -0.2) is 47.9 Å². The van der Waals surface area contributed by atoms with Gasteiger partial charge in [-0.05, 0) is 37.5 Å². The van der Waals surface area contributed by atoms with Gasteiger partial charge in [-0.3, -0.25) is 9.59 Å². The van der Waals surface area contributed by atoms with E-state index in [9.17, 15) is 14.4 Å². The lowest BCUT2D eigenvalue weighted by Gasteiger charge is -2.36. The molecule has 3 N–H and O–H groups in total. The SMILES string of the molecule is Cc1ccc(Cl)cc1NC(=O)C[C@H]1C(=O)NCCN1C(=O)NC1CCCCC1. The molecule has 0 aromatic heterocycles. The molecule has 8 heteroatoms. The summed E-state index contributed by atoms with van der Waals surface area (Å²) >= 11 is 6.00. The number of urea groups is 1. The molecule has 28 heavy (non-hydrogen) atoms. The molecule has 0 radical (unpaired) electrons. The summed E-state index contributed by atoms with van der Waals surface area (Å²) in [6, 6.07) is 4.29. The van der Waals surface area contributed by atoms with Gasteiger partial charge >= 0.3 is 6.03 Å². The first-order chi connectivity index (χ1) is 13.4. The number of anilines is 1. The first kappa shape index (κ1) is 20.5. The van der Waals surface area contributed by atoms with Crippen molar-refractivity contribution in [3.63, 3.8) is 0 Å². The average Bonchev–Trinajstić information content (AvgIpc) is 2.67. The molecule has 1 saturated heterocycles. The fourth-order valence-corrected chi connectivity index (χ4v) is 3.94. The second-order valence-electron chi connectivity index (χ2n) is 7.50. The van der Waals surface area contributed by atoms with Crippen molar-refractivity contribution in [2.75, 3.05) is 18.4 Å². The van der Waals surface area contributed by atoms with Crippen LogP contribution in [0.1, 0.15) is 44.1 Å². The van der Waals surface area contributed by atoms with Gasteiger partial charge in [0.05, 0.1) is 6.42 Å². The predicted molar refractivity (Wildman–Crippen MR) is 108 cm³/mol. The number of nitrogens with one attached hydrogen (secondary N) is 3. The number of carbonyl (C=O) groups is 3. The number of amides is 4. The van der Waals surface area contributed by atoms with E-state index in [2.05, 4.69) is 16.0 Å². The molecule has 2 fully saturated rings. The molecule has 0 unspecified atom stereocenters. The first-order valence-corrected chi connectivity index (χ1v) is 10.2. The lowest BCUT2D eigenvalue weighted by Crippen LogP contribution is -2.61. The molecule has 152 valence electrons. The molecular weight excluding hydrogens is 380 g/mol. The Bertz CT molecular complexity index is 749. The Labute approximate surface area is 170 Å². The maximum absolute atomic E-state index is 12.7. The van der Waals surface area contributed by atoms with Crippen molar-refractivity contribution >= 4 is 35.1 Å². The minimum absolute atomic E-state index is 0.101. The number of nitrogens with zero attached hydrogens (tertiary/aromatic N) is 1. The van der Waals surface area contributed by atoms with Crippen molar-refractivity contribution in [1.82, 2.24) is 15.5 Å². The first-order valence-electron chi connectivity index (χ1n) is 9.85. The van der Waals surface area contributed by atoms with Gasteiger partial charge in [0.1, 0.15) is 6.04 Å². The molecule has 1 aliphatic carbocycles. The van der Waals surface area contributed by atoms with Crippen LogP contribution in [0.3, 0.4) is 0 Å². The Kier molecular flexibility index (Phi) is 6.78. The standard InChI is InChI=1S/C20H27ClN4O3/c1-13-7-8-14(21)11-16(13)24-18(26)12-17-19(27)22-9-10-25(17)20(28)23-15-5-3-2-4-6-15/h7-8,11,15,17H,2-6,9-10,12H2,1H3,(H,22,27)(H,23,28)(H,24,26)/t17-/m0/s1. The quantitative estimate of drug-likeness (QED) is 0.718. The highest BCUT2D eigenvalue weighted by atomic mass is 35.5. The summed E-state index contributed by atoms with van der Waals surface area (Å²) in [7, 11) is 0. The van der Waals surface area contributed by atoms with E-state index < -0.39 is 6.04 Å². The van der Waals surface area contributed by atoms with E-state index in [1.807, 2.05) is 13.0 Å².